The molecule has 0 aromatic heterocycles. The van der Waals surface area contributed by atoms with E-state index in [1.54, 1.807) is 0 Å². The zero-order valence-corrected chi connectivity index (χ0v) is 17.2. The second kappa shape index (κ2) is 10.3. The van der Waals surface area contributed by atoms with E-state index in [1.165, 1.54) is 91.7 Å². The van der Waals surface area contributed by atoms with Crippen molar-refractivity contribution in [2.24, 2.45) is 0 Å². The molecule has 0 heterocycles. The standard InChI is InChI=1S/C26H35N/c1-3-5-7-11-18-27(19-12-8-6-4-2)26-17-13-16-24-20-22-14-9-10-15-23(22)21-25(24)26/h9-10,13-17,20-21H,3-8,11-12,18-19H2,1-2H3. The van der Waals surface area contributed by atoms with Crippen molar-refractivity contribution >= 4 is 27.2 Å². The number of anilines is 1. The molecule has 0 bridgehead atoms. The molecule has 3 rings (SSSR count). The summed E-state index contributed by atoms with van der Waals surface area (Å²) in [5.74, 6) is 0. The first kappa shape index (κ1) is 19.7. The van der Waals surface area contributed by atoms with Gasteiger partial charge < -0.3 is 4.90 Å². The molecule has 0 saturated heterocycles. The van der Waals surface area contributed by atoms with E-state index in [0.29, 0.717) is 0 Å². The normalized spacial score (nSPS) is 11.3. The Bertz CT molecular complexity index is 824. The van der Waals surface area contributed by atoms with Gasteiger partial charge in [0.15, 0.2) is 0 Å². The van der Waals surface area contributed by atoms with Gasteiger partial charge >= 0.3 is 0 Å². The van der Waals surface area contributed by atoms with E-state index in [0.717, 1.165) is 0 Å². The highest BCUT2D eigenvalue weighted by atomic mass is 15.1. The van der Waals surface area contributed by atoms with Crippen molar-refractivity contribution in [1.82, 2.24) is 0 Å². The highest BCUT2D eigenvalue weighted by molar-refractivity contribution is 6.03. The first-order valence-electron chi connectivity index (χ1n) is 11.0. The number of unbranched alkanes of at least 4 members (excludes halogenated alkanes) is 6. The highest BCUT2D eigenvalue weighted by Gasteiger charge is 2.11. The number of hydrogen-bond donors (Lipinski definition) is 0. The van der Waals surface area contributed by atoms with Crippen LogP contribution in [0.15, 0.2) is 54.6 Å². The summed E-state index contributed by atoms with van der Waals surface area (Å²) in [5, 5.41) is 5.44. The fourth-order valence-corrected chi connectivity index (χ4v) is 4.04. The van der Waals surface area contributed by atoms with Crippen molar-refractivity contribution in [2.45, 2.75) is 65.2 Å². The van der Waals surface area contributed by atoms with Crippen molar-refractivity contribution in [3.05, 3.63) is 54.6 Å². The van der Waals surface area contributed by atoms with Gasteiger partial charge in [0.2, 0.25) is 0 Å². The Balaban J connectivity index is 1.88. The molecular formula is C26H35N. The van der Waals surface area contributed by atoms with Crippen LogP contribution < -0.4 is 4.90 Å². The van der Waals surface area contributed by atoms with Crippen LogP contribution in [-0.4, -0.2) is 13.1 Å². The molecule has 0 aliphatic carbocycles. The summed E-state index contributed by atoms with van der Waals surface area (Å²) in [6.45, 7) is 6.94. The lowest BCUT2D eigenvalue weighted by molar-refractivity contribution is 0.610. The van der Waals surface area contributed by atoms with E-state index in [-0.39, 0.29) is 0 Å². The third-order valence-corrected chi connectivity index (χ3v) is 5.63. The Hall–Kier alpha value is -2.02. The first-order chi connectivity index (χ1) is 13.3. The van der Waals surface area contributed by atoms with Crippen molar-refractivity contribution in [3.63, 3.8) is 0 Å². The third-order valence-electron chi connectivity index (χ3n) is 5.63. The van der Waals surface area contributed by atoms with Gasteiger partial charge in [-0.15, -0.1) is 0 Å². The minimum atomic E-state index is 1.18. The lowest BCUT2D eigenvalue weighted by Gasteiger charge is -2.27. The zero-order valence-electron chi connectivity index (χ0n) is 17.2. The van der Waals surface area contributed by atoms with Gasteiger partial charge in [0.05, 0.1) is 0 Å². The SMILES string of the molecule is CCCCCCN(CCCCCC)c1cccc2cc3ccccc3cc12. The second-order valence-corrected chi connectivity index (χ2v) is 7.81. The predicted octanol–water partition coefficient (Wildman–Crippen LogP) is 7.96. The molecule has 3 aromatic rings. The van der Waals surface area contributed by atoms with E-state index in [9.17, 15) is 0 Å². The lowest BCUT2D eigenvalue weighted by atomic mass is 10.0. The van der Waals surface area contributed by atoms with Crippen LogP contribution in [0.4, 0.5) is 5.69 Å². The van der Waals surface area contributed by atoms with Gasteiger partial charge in [-0.2, -0.15) is 0 Å². The van der Waals surface area contributed by atoms with E-state index in [2.05, 4.69) is 73.3 Å². The number of rotatable bonds is 11. The van der Waals surface area contributed by atoms with E-state index >= 15 is 0 Å². The molecule has 3 aromatic carbocycles. The van der Waals surface area contributed by atoms with Crippen LogP contribution in [0.3, 0.4) is 0 Å². The van der Waals surface area contributed by atoms with Crippen molar-refractivity contribution < 1.29 is 0 Å². The fraction of sp³-hybridized carbons (Fsp3) is 0.462. The average molecular weight is 362 g/mol. The van der Waals surface area contributed by atoms with Crippen LogP contribution in [-0.2, 0) is 0 Å². The Morgan fingerprint density at radius 3 is 1.81 bits per heavy atom. The molecule has 0 unspecified atom stereocenters. The lowest BCUT2D eigenvalue weighted by Crippen LogP contribution is -2.26. The molecule has 0 radical (unpaired) electrons. The maximum Gasteiger partial charge on any atom is 0.0446 e. The molecule has 1 nitrogen and oxygen atoms in total. The number of hydrogen-bond acceptors (Lipinski definition) is 1. The van der Waals surface area contributed by atoms with E-state index in [4.69, 9.17) is 0 Å². The summed E-state index contributed by atoms with van der Waals surface area (Å²) in [4.78, 5) is 2.66. The van der Waals surface area contributed by atoms with Crippen molar-refractivity contribution in [1.29, 1.82) is 0 Å². The van der Waals surface area contributed by atoms with Gasteiger partial charge in [-0.05, 0) is 47.2 Å². The molecule has 0 atom stereocenters. The molecule has 1 heteroatoms. The molecule has 27 heavy (non-hydrogen) atoms. The molecule has 0 N–H and O–H groups in total. The number of fused-ring (bicyclic) bond motifs is 2. The van der Waals surface area contributed by atoms with Gasteiger partial charge in [0.25, 0.3) is 0 Å². The molecule has 0 aliphatic rings. The van der Waals surface area contributed by atoms with Crippen LogP contribution in [0, 0.1) is 0 Å². The Labute approximate surface area is 165 Å². The molecule has 0 spiro atoms. The summed E-state index contributed by atoms with van der Waals surface area (Å²) in [5.41, 5.74) is 1.42. The molecule has 144 valence electrons. The highest BCUT2D eigenvalue weighted by Crippen LogP contribution is 2.31. The topological polar surface area (TPSA) is 3.24 Å². The monoisotopic (exact) mass is 361 g/mol. The van der Waals surface area contributed by atoms with Gasteiger partial charge in [-0.25, -0.2) is 0 Å². The molecule has 0 fully saturated rings. The number of benzene rings is 3. The van der Waals surface area contributed by atoms with Gasteiger partial charge in [0, 0.05) is 24.2 Å². The Morgan fingerprint density at radius 2 is 1.19 bits per heavy atom. The van der Waals surface area contributed by atoms with Gasteiger partial charge in [-0.1, -0.05) is 88.8 Å². The van der Waals surface area contributed by atoms with Crippen molar-refractivity contribution in [3.8, 4) is 0 Å². The minimum absolute atomic E-state index is 1.18. The van der Waals surface area contributed by atoms with Crippen LogP contribution in [0.25, 0.3) is 21.5 Å². The number of nitrogens with zero attached hydrogens (tertiary/aromatic N) is 1. The first-order valence-corrected chi connectivity index (χ1v) is 11.0. The fourth-order valence-electron chi connectivity index (χ4n) is 4.04. The van der Waals surface area contributed by atoms with Crippen LogP contribution in [0.2, 0.25) is 0 Å². The molecule has 0 saturated carbocycles. The Kier molecular flexibility index (Phi) is 7.56. The van der Waals surface area contributed by atoms with Crippen molar-refractivity contribution in [2.75, 3.05) is 18.0 Å². The minimum Gasteiger partial charge on any atom is -0.371 e. The maximum atomic E-state index is 2.66. The quantitative estimate of drug-likeness (QED) is 0.247. The van der Waals surface area contributed by atoms with Crippen LogP contribution in [0.5, 0.6) is 0 Å². The third kappa shape index (κ3) is 5.25. The maximum absolute atomic E-state index is 2.66. The zero-order chi connectivity index (χ0) is 18.9. The summed E-state index contributed by atoms with van der Waals surface area (Å²) < 4.78 is 0. The summed E-state index contributed by atoms with van der Waals surface area (Å²) in [6, 6.07) is 20.3. The largest absolute Gasteiger partial charge is 0.371 e. The second-order valence-electron chi connectivity index (χ2n) is 7.81. The van der Waals surface area contributed by atoms with Crippen LogP contribution in [0.1, 0.15) is 65.2 Å². The van der Waals surface area contributed by atoms with E-state index < -0.39 is 0 Å². The summed E-state index contributed by atoms with van der Waals surface area (Å²) in [7, 11) is 0. The van der Waals surface area contributed by atoms with Crippen LogP contribution >= 0.6 is 0 Å². The smallest absolute Gasteiger partial charge is 0.0446 e. The summed E-state index contributed by atoms with van der Waals surface area (Å²) in [6.07, 6.45) is 10.6. The molecule has 0 amide bonds. The molecular weight excluding hydrogens is 326 g/mol. The summed E-state index contributed by atoms with van der Waals surface area (Å²) >= 11 is 0. The molecule has 0 aliphatic heterocycles. The average Bonchev–Trinajstić information content (AvgIpc) is 2.71. The van der Waals surface area contributed by atoms with Gasteiger partial charge in [0.1, 0.15) is 0 Å². The predicted molar refractivity (Wildman–Crippen MR) is 122 cm³/mol. The van der Waals surface area contributed by atoms with Gasteiger partial charge in [-0.3, -0.25) is 0 Å². The Morgan fingerprint density at radius 1 is 0.593 bits per heavy atom. The van der Waals surface area contributed by atoms with E-state index in [1.807, 2.05) is 0 Å².